The Labute approximate surface area is 122 Å². The lowest BCUT2D eigenvalue weighted by molar-refractivity contribution is -0.0210. The molecule has 0 bridgehead atoms. The third-order valence-corrected chi connectivity index (χ3v) is 4.08. The number of rotatable bonds is 5. The Morgan fingerprint density at radius 3 is 2.39 bits per heavy atom. The molecule has 0 aliphatic carbocycles. The van der Waals surface area contributed by atoms with E-state index in [0.717, 1.165) is 16.5 Å². The lowest BCUT2D eigenvalue weighted by Gasteiger charge is -2.30. The molecular formula is C14H20BrClO2. The topological polar surface area (TPSA) is 29.5 Å². The van der Waals surface area contributed by atoms with Gasteiger partial charge in [-0.05, 0) is 45.7 Å². The van der Waals surface area contributed by atoms with Crippen LogP contribution in [0.3, 0.4) is 0 Å². The molecule has 0 aliphatic heterocycles. The van der Waals surface area contributed by atoms with Crippen LogP contribution in [0.1, 0.15) is 39.2 Å². The van der Waals surface area contributed by atoms with E-state index in [9.17, 15) is 5.11 Å². The normalized spacial score (nSPS) is 15.5. The van der Waals surface area contributed by atoms with Gasteiger partial charge in [-0.1, -0.05) is 33.6 Å². The smallest absolute Gasteiger partial charge is 0.0884 e. The molecule has 1 N–H and O–H groups in total. The molecule has 2 nitrogen and oxygen atoms in total. The number of methoxy groups -OCH3 is 1. The van der Waals surface area contributed by atoms with Gasteiger partial charge >= 0.3 is 0 Å². The highest BCUT2D eigenvalue weighted by atomic mass is 79.9. The van der Waals surface area contributed by atoms with E-state index in [1.54, 1.807) is 20.1 Å². The molecule has 0 saturated heterocycles. The quantitative estimate of drug-likeness (QED) is 0.857. The van der Waals surface area contributed by atoms with Crippen LogP contribution in [0.15, 0.2) is 22.7 Å². The molecule has 0 aliphatic rings. The largest absolute Gasteiger partial charge is 0.385 e. The second-order valence-electron chi connectivity index (χ2n) is 5.36. The molecule has 18 heavy (non-hydrogen) atoms. The van der Waals surface area contributed by atoms with Crippen LogP contribution in [-0.4, -0.2) is 17.8 Å². The van der Waals surface area contributed by atoms with E-state index in [1.165, 1.54) is 0 Å². The third kappa shape index (κ3) is 4.23. The van der Waals surface area contributed by atoms with Crippen molar-refractivity contribution in [1.82, 2.24) is 0 Å². The molecule has 1 unspecified atom stereocenters. The van der Waals surface area contributed by atoms with Gasteiger partial charge in [0.1, 0.15) is 0 Å². The molecular weight excluding hydrogens is 316 g/mol. The van der Waals surface area contributed by atoms with Gasteiger partial charge in [0.2, 0.25) is 0 Å². The van der Waals surface area contributed by atoms with E-state index in [4.69, 9.17) is 16.3 Å². The van der Waals surface area contributed by atoms with Crippen LogP contribution in [0, 0.1) is 0 Å². The van der Waals surface area contributed by atoms with Gasteiger partial charge in [-0.3, -0.25) is 0 Å². The summed E-state index contributed by atoms with van der Waals surface area (Å²) < 4.78 is 6.27. The van der Waals surface area contributed by atoms with Crippen LogP contribution in [0.5, 0.6) is 0 Å². The first-order valence-electron chi connectivity index (χ1n) is 5.91. The lowest BCUT2D eigenvalue weighted by Crippen LogP contribution is -2.29. The standard InChI is InChI=1S/C14H20BrClO2/c1-13(2,18-4)7-8-14(3,17)11-6-5-10(15)9-12(11)16/h5-6,9,17H,7-8H2,1-4H3. The minimum Gasteiger partial charge on any atom is -0.385 e. The van der Waals surface area contributed by atoms with Crippen molar-refractivity contribution in [3.8, 4) is 0 Å². The maximum Gasteiger partial charge on any atom is 0.0884 e. The molecule has 1 aromatic carbocycles. The summed E-state index contributed by atoms with van der Waals surface area (Å²) in [6, 6.07) is 5.54. The van der Waals surface area contributed by atoms with E-state index >= 15 is 0 Å². The highest BCUT2D eigenvalue weighted by Gasteiger charge is 2.29. The van der Waals surface area contributed by atoms with Gasteiger partial charge in [0.25, 0.3) is 0 Å². The Hall–Kier alpha value is -0.0900. The molecule has 0 amide bonds. The Kier molecular flexibility index (Phi) is 5.24. The minimum absolute atomic E-state index is 0.244. The van der Waals surface area contributed by atoms with Crippen molar-refractivity contribution < 1.29 is 9.84 Å². The number of hydrogen-bond donors (Lipinski definition) is 1. The fraction of sp³-hybridized carbons (Fsp3) is 0.571. The van der Waals surface area contributed by atoms with Gasteiger partial charge in [0.15, 0.2) is 0 Å². The van der Waals surface area contributed by atoms with Gasteiger partial charge in [0.05, 0.1) is 11.2 Å². The fourth-order valence-corrected chi connectivity index (χ4v) is 2.58. The molecule has 102 valence electrons. The number of ether oxygens (including phenoxy) is 1. The second kappa shape index (κ2) is 5.91. The Balaban J connectivity index is 2.86. The summed E-state index contributed by atoms with van der Waals surface area (Å²) in [4.78, 5) is 0. The van der Waals surface area contributed by atoms with E-state index in [2.05, 4.69) is 15.9 Å². The van der Waals surface area contributed by atoms with E-state index in [-0.39, 0.29) is 5.60 Å². The van der Waals surface area contributed by atoms with Crippen molar-refractivity contribution in [1.29, 1.82) is 0 Å². The minimum atomic E-state index is -0.951. The Morgan fingerprint density at radius 1 is 1.28 bits per heavy atom. The van der Waals surface area contributed by atoms with E-state index in [1.807, 2.05) is 26.0 Å². The zero-order valence-corrected chi connectivity index (χ0v) is 13.6. The maximum atomic E-state index is 10.6. The summed E-state index contributed by atoms with van der Waals surface area (Å²) in [6.07, 6.45) is 1.35. The van der Waals surface area contributed by atoms with Crippen molar-refractivity contribution in [3.05, 3.63) is 33.3 Å². The fourth-order valence-electron chi connectivity index (χ4n) is 1.71. The van der Waals surface area contributed by atoms with Crippen LogP contribution in [0.25, 0.3) is 0 Å². The Bertz CT molecular complexity index is 416. The van der Waals surface area contributed by atoms with Gasteiger partial charge in [-0.25, -0.2) is 0 Å². The van der Waals surface area contributed by atoms with Gasteiger partial charge < -0.3 is 9.84 Å². The lowest BCUT2D eigenvalue weighted by atomic mass is 9.87. The predicted molar refractivity (Wildman–Crippen MR) is 79.0 cm³/mol. The molecule has 1 rings (SSSR count). The van der Waals surface area contributed by atoms with Crippen LogP contribution >= 0.6 is 27.5 Å². The number of aliphatic hydroxyl groups is 1. The SMILES string of the molecule is COC(C)(C)CCC(C)(O)c1ccc(Br)cc1Cl. The van der Waals surface area contributed by atoms with Crippen LogP contribution in [0.2, 0.25) is 5.02 Å². The van der Waals surface area contributed by atoms with Gasteiger partial charge in [0, 0.05) is 22.2 Å². The molecule has 1 atom stereocenters. The predicted octanol–water partition coefficient (Wildman–Crippen LogP) is 4.52. The molecule has 0 heterocycles. The molecule has 1 aromatic rings. The first-order chi connectivity index (χ1) is 8.18. The average molecular weight is 336 g/mol. The van der Waals surface area contributed by atoms with E-state index < -0.39 is 5.60 Å². The zero-order chi connectivity index (χ0) is 14.0. The summed E-state index contributed by atoms with van der Waals surface area (Å²) in [6.45, 7) is 5.80. The summed E-state index contributed by atoms with van der Waals surface area (Å²) >= 11 is 9.54. The van der Waals surface area contributed by atoms with Crippen molar-refractivity contribution >= 4 is 27.5 Å². The monoisotopic (exact) mass is 334 g/mol. The Morgan fingerprint density at radius 2 is 1.89 bits per heavy atom. The highest BCUT2D eigenvalue weighted by Crippen LogP contribution is 2.35. The molecule has 0 saturated carbocycles. The van der Waals surface area contributed by atoms with Crippen molar-refractivity contribution in [3.63, 3.8) is 0 Å². The highest BCUT2D eigenvalue weighted by molar-refractivity contribution is 9.10. The average Bonchev–Trinajstić information content (AvgIpc) is 2.26. The van der Waals surface area contributed by atoms with Gasteiger partial charge in [-0.2, -0.15) is 0 Å². The second-order valence-corrected chi connectivity index (χ2v) is 6.68. The number of benzene rings is 1. The summed E-state index contributed by atoms with van der Waals surface area (Å²) in [7, 11) is 1.68. The molecule has 0 spiro atoms. The summed E-state index contributed by atoms with van der Waals surface area (Å²) in [5.74, 6) is 0. The van der Waals surface area contributed by atoms with Crippen molar-refractivity contribution in [2.45, 2.75) is 44.8 Å². The third-order valence-electron chi connectivity index (χ3n) is 3.28. The van der Waals surface area contributed by atoms with E-state index in [0.29, 0.717) is 11.4 Å². The van der Waals surface area contributed by atoms with Crippen molar-refractivity contribution in [2.24, 2.45) is 0 Å². The summed E-state index contributed by atoms with van der Waals surface area (Å²) in [5, 5.41) is 11.1. The summed E-state index contributed by atoms with van der Waals surface area (Å²) in [5.41, 5.74) is -0.446. The number of halogens is 2. The van der Waals surface area contributed by atoms with Crippen LogP contribution in [0.4, 0.5) is 0 Å². The molecule has 0 aromatic heterocycles. The first-order valence-corrected chi connectivity index (χ1v) is 7.08. The zero-order valence-electron chi connectivity index (χ0n) is 11.3. The molecule has 4 heteroatoms. The molecule has 0 radical (unpaired) electrons. The number of hydrogen-bond acceptors (Lipinski definition) is 2. The van der Waals surface area contributed by atoms with Crippen LogP contribution in [-0.2, 0) is 10.3 Å². The first kappa shape index (κ1) is 16.0. The van der Waals surface area contributed by atoms with Crippen molar-refractivity contribution in [2.75, 3.05) is 7.11 Å². The van der Waals surface area contributed by atoms with Gasteiger partial charge in [-0.15, -0.1) is 0 Å². The molecule has 0 fully saturated rings. The van der Waals surface area contributed by atoms with Crippen LogP contribution < -0.4 is 0 Å². The maximum absolute atomic E-state index is 10.6.